The molecule has 2 aromatic carbocycles. The zero-order valence-electron chi connectivity index (χ0n) is 20.4. The first-order chi connectivity index (χ1) is 18.1. The molecule has 37 heavy (non-hydrogen) atoms. The van der Waals surface area contributed by atoms with E-state index in [1.807, 2.05) is 30.3 Å². The van der Waals surface area contributed by atoms with Crippen LogP contribution in [0.1, 0.15) is 12.1 Å². The predicted octanol–water partition coefficient (Wildman–Crippen LogP) is 4.19. The summed E-state index contributed by atoms with van der Waals surface area (Å²) in [4.78, 5) is 15.8. The summed E-state index contributed by atoms with van der Waals surface area (Å²) in [7, 11) is 0. The summed E-state index contributed by atoms with van der Waals surface area (Å²) in [6, 6.07) is 14.6. The molecule has 1 saturated heterocycles. The lowest BCUT2D eigenvalue weighted by Gasteiger charge is -2.26. The Kier molecular flexibility index (Phi) is 7.84. The lowest BCUT2D eigenvalue weighted by Crippen LogP contribution is -2.37. The van der Waals surface area contributed by atoms with Gasteiger partial charge in [0.25, 0.3) is 0 Å². The van der Waals surface area contributed by atoms with Crippen LogP contribution in [-0.4, -0.2) is 59.3 Å². The van der Waals surface area contributed by atoms with Crippen LogP contribution in [0.3, 0.4) is 0 Å². The Morgan fingerprint density at radius 2 is 1.84 bits per heavy atom. The van der Waals surface area contributed by atoms with Crippen molar-refractivity contribution >= 4 is 34.0 Å². The van der Waals surface area contributed by atoms with E-state index in [0.29, 0.717) is 63.5 Å². The highest BCUT2D eigenvalue weighted by Crippen LogP contribution is 2.33. The van der Waals surface area contributed by atoms with E-state index in [9.17, 15) is 0 Å². The molecule has 0 unspecified atom stereocenters. The number of hydrogen-bond acceptors (Lipinski definition) is 9. The van der Waals surface area contributed by atoms with E-state index in [2.05, 4.69) is 14.9 Å². The van der Waals surface area contributed by atoms with E-state index >= 15 is 0 Å². The minimum absolute atomic E-state index is 0.315. The van der Waals surface area contributed by atoms with Crippen LogP contribution in [0, 0.1) is 0 Å². The van der Waals surface area contributed by atoms with Crippen LogP contribution in [0.2, 0.25) is 5.02 Å². The number of aromatic nitrogens is 3. The number of nitrogens with two attached hydrogens (primary N) is 2. The quantitative estimate of drug-likeness (QED) is 0.247. The van der Waals surface area contributed by atoms with Gasteiger partial charge < -0.3 is 25.7 Å². The van der Waals surface area contributed by atoms with Gasteiger partial charge in [0.05, 0.1) is 41.7 Å². The number of hydrogen-bond donors (Lipinski definition) is 2. The Morgan fingerprint density at radius 1 is 0.973 bits per heavy atom. The molecule has 4 N–H and O–H groups in total. The third kappa shape index (κ3) is 6.19. The molecule has 5 rings (SSSR count). The standard InChI is InChI=1S/C27H29ClN6O3/c28-21-14-18(5-6-24(21)37-17-19-4-1-2-7-31-19)27-32-23-16-25(22(29)15-20(23)26(30)33-27)36-11-3-8-34-9-12-35-13-10-34/h1-2,4-7,14-16H,3,8-13,17,29H2,(H2,30,32,33). The monoisotopic (exact) mass is 520 g/mol. The van der Waals surface area contributed by atoms with Crippen molar-refractivity contribution in [2.24, 2.45) is 0 Å². The number of pyridine rings is 1. The Bertz CT molecular complexity index is 1370. The Balaban J connectivity index is 1.29. The molecule has 0 saturated carbocycles. The largest absolute Gasteiger partial charge is 0.491 e. The number of fused-ring (bicyclic) bond motifs is 1. The first-order valence-corrected chi connectivity index (χ1v) is 12.6. The van der Waals surface area contributed by atoms with Gasteiger partial charge in [-0.05, 0) is 42.8 Å². The van der Waals surface area contributed by atoms with E-state index in [0.717, 1.165) is 45.0 Å². The summed E-state index contributed by atoms with van der Waals surface area (Å²) in [5.74, 6) is 1.91. The molecular formula is C27H29ClN6O3. The van der Waals surface area contributed by atoms with Gasteiger partial charge in [0.15, 0.2) is 5.82 Å². The zero-order chi connectivity index (χ0) is 25.6. The van der Waals surface area contributed by atoms with Gasteiger partial charge in [0.1, 0.15) is 23.9 Å². The van der Waals surface area contributed by atoms with Gasteiger partial charge in [0, 0.05) is 42.8 Å². The number of nitrogens with zero attached hydrogens (tertiary/aromatic N) is 4. The van der Waals surface area contributed by atoms with Crippen molar-refractivity contribution in [2.45, 2.75) is 13.0 Å². The molecule has 0 spiro atoms. The molecule has 0 bridgehead atoms. The molecule has 0 atom stereocenters. The van der Waals surface area contributed by atoms with E-state index in [4.69, 9.17) is 42.3 Å². The smallest absolute Gasteiger partial charge is 0.162 e. The molecule has 10 heteroatoms. The molecule has 1 aliphatic heterocycles. The maximum Gasteiger partial charge on any atom is 0.162 e. The Hall–Kier alpha value is -3.66. The minimum atomic E-state index is 0.315. The van der Waals surface area contributed by atoms with Gasteiger partial charge in [-0.1, -0.05) is 17.7 Å². The van der Waals surface area contributed by atoms with Crippen molar-refractivity contribution in [3.8, 4) is 22.9 Å². The Labute approximate surface area is 220 Å². The maximum absolute atomic E-state index is 6.50. The van der Waals surface area contributed by atoms with Crippen molar-refractivity contribution in [1.29, 1.82) is 0 Å². The molecular weight excluding hydrogens is 492 g/mol. The number of benzene rings is 2. The molecule has 0 radical (unpaired) electrons. The first kappa shape index (κ1) is 25.0. The summed E-state index contributed by atoms with van der Waals surface area (Å²) in [6.07, 6.45) is 2.61. The van der Waals surface area contributed by atoms with Crippen molar-refractivity contribution in [1.82, 2.24) is 19.9 Å². The lowest BCUT2D eigenvalue weighted by atomic mass is 10.1. The van der Waals surface area contributed by atoms with Crippen molar-refractivity contribution < 1.29 is 14.2 Å². The second-order valence-corrected chi connectivity index (χ2v) is 9.16. The van der Waals surface area contributed by atoms with Crippen molar-refractivity contribution in [3.63, 3.8) is 0 Å². The van der Waals surface area contributed by atoms with Gasteiger partial charge in [-0.3, -0.25) is 9.88 Å². The topological polar surface area (TPSA) is 122 Å². The third-order valence-corrected chi connectivity index (χ3v) is 6.42. The predicted molar refractivity (Wildman–Crippen MR) is 145 cm³/mol. The van der Waals surface area contributed by atoms with Crippen LogP contribution in [0.4, 0.5) is 11.5 Å². The molecule has 192 valence electrons. The van der Waals surface area contributed by atoms with Crippen LogP contribution < -0.4 is 20.9 Å². The third-order valence-electron chi connectivity index (χ3n) is 6.13. The minimum Gasteiger partial charge on any atom is -0.491 e. The van der Waals surface area contributed by atoms with Crippen LogP contribution in [0.15, 0.2) is 54.7 Å². The van der Waals surface area contributed by atoms with Crippen LogP contribution in [-0.2, 0) is 11.3 Å². The maximum atomic E-state index is 6.50. The van der Waals surface area contributed by atoms with E-state index in [1.54, 1.807) is 24.4 Å². The van der Waals surface area contributed by atoms with Gasteiger partial charge in [-0.25, -0.2) is 9.97 Å². The van der Waals surface area contributed by atoms with Crippen LogP contribution >= 0.6 is 11.6 Å². The lowest BCUT2D eigenvalue weighted by molar-refractivity contribution is 0.0358. The van der Waals surface area contributed by atoms with E-state index < -0.39 is 0 Å². The number of nitrogen functional groups attached to an aromatic ring is 2. The van der Waals surface area contributed by atoms with Gasteiger partial charge in [-0.15, -0.1) is 0 Å². The average molecular weight is 521 g/mol. The highest BCUT2D eigenvalue weighted by Gasteiger charge is 2.14. The highest BCUT2D eigenvalue weighted by atomic mass is 35.5. The molecule has 4 aromatic rings. The average Bonchev–Trinajstić information content (AvgIpc) is 2.92. The molecule has 2 aromatic heterocycles. The molecule has 1 fully saturated rings. The number of morpholine rings is 1. The summed E-state index contributed by atoms with van der Waals surface area (Å²) >= 11 is 6.50. The molecule has 0 amide bonds. The normalized spacial score (nSPS) is 14.1. The summed E-state index contributed by atoms with van der Waals surface area (Å²) < 4.78 is 17.2. The van der Waals surface area contributed by atoms with E-state index in [1.165, 1.54) is 0 Å². The second-order valence-electron chi connectivity index (χ2n) is 8.75. The molecule has 3 heterocycles. The fraction of sp³-hybridized carbons (Fsp3) is 0.296. The number of halogens is 1. The van der Waals surface area contributed by atoms with Gasteiger partial charge in [0.2, 0.25) is 0 Å². The fourth-order valence-electron chi connectivity index (χ4n) is 4.14. The van der Waals surface area contributed by atoms with Crippen molar-refractivity contribution in [2.75, 3.05) is 50.9 Å². The number of anilines is 2. The van der Waals surface area contributed by atoms with Gasteiger partial charge >= 0.3 is 0 Å². The zero-order valence-corrected chi connectivity index (χ0v) is 21.2. The second kappa shape index (κ2) is 11.6. The highest BCUT2D eigenvalue weighted by molar-refractivity contribution is 6.32. The summed E-state index contributed by atoms with van der Waals surface area (Å²) in [6.45, 7) is 5.31. The molecule has 0 aliphatic carbocycles. The molecule has 9 nitrogen and oxygen atoms in total. The van der Waals surface area contributed by atoms with Gasteiger partial charge in [-0.2, -0.15) is 0 Å². The first-order valence-electron chi connectivity index (χ1n) is 12.2. The molecule has 1 aliphatic rings. The van der Waals surface area contributed by atoms with Crippen molar-refractivity contribution in [3.05, 3.63) is 65.4 Å². The summed E-state index contributed by atoms with van der Waals surface area (Å²) in [5, 5.41) is 1.11. The fourth-order valence-corrected chi connectivity index (χ4v) is 4.37. The number of rotatable bonds is 9. The SMILES string of the molecule is Nc1cc2c(N)nc(-c3ccc(OCc4ccccn4)c(Cl)c3)nc2cc1OCCCN1CCOCC1. The van der Waals surface area contributed by atoms with Crippen LogP contribution in [0.5, 0.6) is 11.5 Å². The number of ether oxygens (including phenoxy) is 3. The Morgan fingerprint density at radius 3 is 2.62 bits per heavy atom. The van der Waals surface area contributed by atoms with E-state index in [-0.39, 0.29) is 0 Å². The van der Waals surface area contributed by atoms with Crippen LogP contribution in [0.25, 0.3) is 22.3 Å². The summed E-state index contributed by atoms with van der Waals surface area (Å²) in [5.41, 5.74) is 15.2.